The smallest absolute Gasteiger partial charge is 0.269 e. The lowest BCUT2D eigenvalue weighted by Gasteiger charge is -2.28. The van der Waals surface area contributed by atoms with E-state index in [0.29, 0.717) is 23.7 Å². The molecule has 0 aromatic carbocycles. The lowest BCUT2D eigenvalue weighted by molar-refractivity contribution is 0.0934. The number of aromatic nitrogens is 1. The molecule has 4 N–H and O–H groups in total. The van der Waals surface area contributed by atoms with E-state index in [2.05, 4.69) is 27.4 Å². The topological polar surface area (TPSA) is 104 Å². The summed E-state index contributed by atoms with van der Waals surface area (Å²) in [6, 6.07) is 3.17. The van der Waals surface area contributed by atoms with Crippen molar-refractivity contribution in [3.63, 3.8) is 0 Å². The number of amidine groups is 1. The number of oxime groups is 1. The zero-order valence-corrected chi connectivity index (χ0v) is 12.1. The van der Waals surface area contributed by atoms with Crippen molar-refractivity contribution in [2.75, 3.05) is 26.7 Å². The first-order valence-electron chi connectivity index (χ1n) is 7.01. The van der Waals surface area contributed by atoms with Crippen LogP contribution in [0.5, 0.6) is 0 Å². The van der Waals surface area contributed by atoms with Crippen molar-refractivity contribution >= 4 is 11.7 Å². The Morgan fingerprint density at radius 1 is 1.52 bits per heavy atom. The maximum atomic E-state index is 12.0. The maximum absolute atomic E-state index is 12.0. The molecule has 0 unspecified atom stereocenters. The fraction of sp³-hybridized carbons (Fsp3) is 0.500. The van der Waals surface area contributed by atoms with Crippen LogP contribution in [0.15, 0.2) is 23.5 Å². The first-order valence-corrected chi connectivity index (χ1v) is 7.01. The van der Waals surface area contributed by atoms with Gasteiger partial charge in [0.15, 0.2) is 5.84 Å². The Labute approximate surface area is 123 Å². The molecule has 2 rings (SSSR count). The lowest BCUT2D eigenvalue weighted by atomic mass is 9.97. The van der Waals surface area contributed by atoms with Crippen LogP contribution in [0.3, 0.4) is 0 Å². The number of hydrogen-bond acceptors (Lipinski definition) is 5. The number of nitrogens with zero attached hydrogens (tertiary/aromatic N) is 3. The average molecular weight is 291 g/mol. The highest BCUT2D eigenvalue weighted by molar-refractivity contribution is 5.98. The zero-order valence-electron chi connectivity index (χ0n) is 12.1. The van der Waals surface area contributed by atoms with Crippen molar-refractivity contribution in [2.24, 2.45) is 16.8 Å². The average Bonchev–Trinajstić information content (AvgIpc) is 2.53. The largest absolute Gasteiger partial charge is 0.409 e. The Hall–Kier alpha value is -2.15. The highest BCUT2D eigenvalue weighted by atomic mass is 16.4. The molecule has 1 aromatic heterocycles. The molecular formula is C14H21N5O2. The molecular weight excluding hydrogens is 270 g/mol. The minimum atomic E-state index is -0.194. The highest BCUT2D eigenvalue weighted by Gasteiger charge is 2.17. The number of nitrogens with one attached hydrogen (secondary N) is 1. The third kappa shape index (κ3) is 4.16. The lowest BCUT2D eigenvalue weighted by Crippen LogP contribution is -2.37. The van der Waals surface area contributed by atoms with E-state index in [1.165, 1.54) is 6.20 Å². The van der Waals surface area contributed by atoms with Gasteiger partial charge in [0.1, 0.15) is 5.69 Å². The summed E-state index contributed by atoms with van der Waals surface area (Å²) in [5, 5.41) is 14.4. The van der Waals surface area contributed by atoms with Crippen LogP contribution in [0, 0.1) is 5.92 Å². The van der Waals surface area contributed by atoms with E-state index in [1.807, 2.05) is 0 Å². The van der Waals surface area contributed by atoms with Crippen LogP contribution in [-0.4, -0.2) is 53.5 Å². The van der Waals surface area contributed by atoms with Gasteiger partial charge in [0.25, 0.3) is 5.91 Å². The summed E-state index contributed by atoms with van der Waals surface area (Å²) in [6.07, 6.45) is 3.62. The second kappa shape index (κ2) is 7.03. The first-order chi connectivity index (χ1) is 10.1. The number of nitrogens with two attached hydrogens (primary N) is 1. The summed E-state index contributed by atoms with van der Waals surface area (Å²) in [5.41, 5.74) is 6.25. The second-order valence-corrected chi connectivity index (χ2v) is 5.37. The Morgan fingerprint density at radius 2 is 2.24 bits per heavy atom. The molecule has 1 aliphatic rings. The van der Waals surface area contributed by atoms with E-state index in [-0.39, 0.29) is 11.7 Å². The van der Waals surface area contributed by atoms with Crippen molar-refractivity contribution in [3.8, 4) is 0 Å². The second-order valence-electron chi connectivity index (χ2n) is 5.37. The zero-order chi connectivity index (χ0) is 15.2. The summed E-state index contributed by atoms with van der Waals surface area (Å²) in [5.74, 6) is 0.308. The number of hydrogen-bond donors (Lipinski definition) is 3. The Morgan fingerprint density at radius 3 is 2.81 bits per heavy atom. The molecule has 1 saturated heterocycles. The predicted octanol–water partition coefficient (Wildman–Crippen LogP) is 0.248. The van der Waals surface area contributed by atoms with Gasteiger partial charge < -0.3 is 21.2 Å². The van der Waals surface area contributed by atoms with Gasteiger partial charge in [-0.15, -0.1) is 0 Å². The molecule has 7 nitrogen and oxygen atoms in total. The van der Waals surface area contributed by atoms with Gasteiger partial charge in [-0.1, -0.05) is 5.16 Å². The van der Waals surface area contributed by atoms with Gasteiger partial charge >= 0.3 is 0 Å². The normalized spacial score (nSPS) is 17.7. The van der Waals surface area contributed by atoms with Crippen molar-refractivity contribution in [1.82, 2.24) is 15.2 Å². The van der Waals surface area contributed by atoms with E-state index in [0.717, 1.165) is 25.9 Å². The number of likely N-dealkylation sites (tertiary alicyclic amines) is 1. The van der Waals surface area contributed by atoms with Crippen LogP contribution in [0.2, 0.25) is 0 Å². The monoisotopic (exact) mass is 291 g/mol. The van der Waals surface area contributed by atoms with E-state index >= 15 is 0 Å². The Balaban J connectivity index is 1.86. The minimum absolute atomic E-state index is 0.0271. The molecule has 1 fully saturated rings. The molecule has 1 aromatic rings. The van der Waals surface area contributed by atoms with Crippen LogP contribution >= 0.6 is 0 Å². The van der Waals surface area contributed by atoms with Gasteiger partial charge in [-0.2, -0.15) is 0 Å². The van der Waals surface area contributed by atoms with Crippen LogP contribution in [0.4, 0.5) is 0 Å². The van der Waals surface area contributed by atoms with E-state index < -0.39 is 0 Å². The van der Waals surface area contributed by atoms with E-state index in [1.54, 1.807) is 12.1 Å². The van der Waals surface area contributed by atoms with Gasteiger partial charge in [-0.25, -0.2) is 0 Å². The molecule has 0 aliphatic carbocycles. The number of piperidine rings is 1. The van der Waals surface area contributed by atoms with Crippen LogP contribution in [-0.2, 0) is 0 Å². The Bertz CT molecular complexity index is 507. The van der Waals surface area contributed by atoms with Crippen LogP contribution in [0.25, 0.3) is 0 Å². The summed E-state index contributed by atoms with van der Waals surface area (Å²) in [7, 11) is 2.11. The summed E-state index contributed by atoms with van der Waals surface area (Å²) in [4.78, 5) is 18.3. The molecule has 1 aliphatic heterocycles. The standard InChI is InChI=1S/C14H21N5O2/c1-19-6-4-10(5-7-19)8-17-14(20)12-3-2-11(9-16-12)13(15)18-21/h2-3,9-10,21H,4-8H2,1H3,(H2,15,18)(H,17,20). The van der Waals surface area contributed by atoms with Crippen molar-refractivity contribution in [1.29, 1.82) is 0 Å². The van der Waals surface area contributed by atoms with Crippen molar-refractivity contribution in [2.45, 2.75) is 12.8 Å². The fourth-order valence-electron chi connectivity index (χ4n) is 2.33. The molecule has 7 heteroatoms. The van der Waals surface area contributed by atoms with Gasteiger partial charge in [0, 0.05) is 18.3 Å². The highest BCUT2D eigenvalue weighted by Crippen LogP contribution is 2.14. The number of pyridine rings is 1. The van der Waals surface area contributed by atoms with E-state index in [4.69, 9.17) is 10.9 Å². The van der Waals surface area contributed by atoms with Crippen molar-refractivity contribution in [3.05, 3.63) is 29.6 Å². The van der Waals surface area contributed by atoms with Gasteiger partial charge in [-0.05, 0) is 51.0 Å². The fourth-order valence-corrected chi connectivity index (χ4v) is 2.33. The summed E-state index contributed by atoms with van der Waals surface area (Å²) < 4.78 is 0. The molecule has 0 radical (unpaired) electrons. The van der Waals surface area contributed by atoms with Gasteiger partial charge in [0.2, 0.25) is 0 Å². The molecule has 0 spiro atoms. The number of carbonyl (C=O) groups excluding carboxylic acids is 1. The van der Waals surface area contributed by atoms with Crippen LogP contribution < -0.4 is 11.1 Å². The molecule has 0 atom stereocenters. The minimum Gasteiger partial charge on any atom is -0.409 e. The molecule has 1 amide bonds. The van der Waals surface area contributed by atoms with Crippen molar-refractivity contribution < 1.29 is 10.0 Å². The van der Waals surface area contributed by atoms with Gasteiger partial charge in [-0.3, -0.25) is 9.78 Å². The third-order valence-electron chi connectivity index (χ3n) is 3.79. The molecule has 0 bridgehead atoms. The van der Waals surface area contributed by atoms with Gasteiger partial charge in [0.05, 0.1) is 0 Å². The SMILES string of the molecule is CN1CCC(CNC(=O)c2ccc(C(N)=NO)cn2)CC1. The molecule has 0 saturated carbocycles. The maximum Gasteiger partial charge on any atom is 0.269 e. The van der Waals surface area contributed by atoms with E-state index in [9.17, 15) is 4.79 Å². The number of rotatable bonds is 4. The quantitative estimate of drug-likeness (QED) is 0.319. The summed E-state index contributed by atoms with van der Waals surface area (Å²) >= 11 is 0. The third-order valence-corrected chi connectivity index (χ3v) is 3.79. The molecule has 114 valence electrons. The predicted molar refractivity (Wildman–Crippen MR) is 79.3 cm³/mol. The number of carbonyl (C=O) groups is 1. The molecule has 21 heavy (non-hydrogen) atoms. The Kier molecular flexibility index (Phi) is 5.10. The van der Waals surface area contributed by atoms with Crippen LogP contribution in [0.1, 0.15) is 28.9 Å². The summed E-state index contributed by atoms with van der Waals surface area (Å²) in [6.45, 7) is 2.83. The number of amides is 1. The first kappa shape index (κ1) is 15.2. The molecule has 2 heterocycles.